The number of esters is 1. The van der Waals surface area contributed by atoms with E-state index in [1.807, 2.05) is 18.2 Å². The normalized spacial score (nSPS) is 11.6. The standard InChI is InChI=1S/C26H21N3O4/c1-16(30)19-6-5-7-20(14-19)28-25(31)17(2)33-26(32)22-15-24(18-10-12-27-13-11-18)29-23-9-4-3-8-21(22)23/h3-15,17H,1-2H3,(H,28,31). The van der Waals surface area contributed by atoms with E-state index in [1.54, 1.807) is 60.9 Å². The van der Waals surface area contributed by atoms with Gasteiger partial charge in [-0.1, -0.05) is 30.3 Å². The van der Waals surface area contributed by atoms with Gasteiger partial charge in [0.15, 0.2) is 11.9 Å². The van der Waals surface area contributed by atoms with Crippen LogP contribution in [-0.2, 0) is 9.53 Å². The van der Waals surface area contributed by atoms with E-state index >= 15 is 0 Å². The third kappa shape index (κ3) is 4.93. The number of amides is 1. The van der Waals surface area contributed by atoms with Gasteiger partial charge in [0, 0.05) is 34.6 Å². The molecule has 1 atom stereocenters. The second kappa shape index (κ2) is 9.40. The molecule has 7 nitrogen and oxygen atoms in total. The van der Waals surface area contributed by atoms with Crippen molar-refractivity contribution in [2.75, 3.05) is 5.32 Å². The molecule has 0 saturated carbocycles. The monoisotopic (exact) mass is 439 g/mol. The summed E-state index contributed by atoms with van der Waals surface area (Å²) in [6.07, 6.45) is 2.24. The topological polar surface area (TPSA) is 98.2 Å². The zero-order chi connectivity index (χ0) is 23.4. The number of hydrogen-bond donors (Lipinski definition) is 1. The van der Waals surface area contributed by atoms with Crippen molar-refractivity contribution in [3.8, 4) is 11.3 Å². The van der Waals surface area contributed by atoms with Crippen LogP contribution in [0.1, 0.15) is 34.6 Å². The number of fused-ring (bicyclic) bond motifs is 1. The van der Waals surface area contributed by atoms with Crippen molar-refractivity contribution in [1.29, 1.82) is 0 Å². The Hall–Kier alpha value is -4.39. The number of anilines is 1. The molecule has 0 aliphatic carbocycles. The summed E-state index contributed by atoms with van der Waals surface area (Å²) in [5.41, 5.74) is 3.28. The summed E-state index contributed by atoms with van der Waals surface area (Å²) >= 11 is 0. The number of nitrogens with one attached hydrogen (secondary N) is 1. The lowest BCUT2D eigenvalue weighted by molar-refractivity contribution is -0.123. The highest BCUT2D eigenvalue weighted by atomic mass is 16.5. The first-order valence-electron chi connectivity index (χ1n) is 10.4. The summed E-state index contributed by atoms with van der Waals surface area (Å²) in [6.45, 7) is 2.94. The van der Waals surface area contributed by atoms with Crippen molar-refractivity contribution in [3.05, 3.63) is 90.3 Å². The number of Topliss-reactive ketones (excluding diaryl/α,β-unsaturated/α-hetero) is 1. The highest BCUT2D eigenvalue weighted by Gasteiger charge is 2.22. The van der Waals surface area contributed by atoms with Crippen molar-refractivity contribution in [3.63, 3.8) is 0 Å². The minimum absolute atomic E-state index is 0.111. The summed E-state index contributed by atoms with van der Waals surface area (Å²) < 4.78 is 5.49. The Labute approximate surface area is 190 Å². The molecule has 4 rings (SSSR count). The average molecular weight is 439 g/mol. The number of carbonyl (C=O) groups excluding carboxylic acids is 3. The van der Waals surface area contributed by atoms with Crippen LogP contribution in [0.2, 0.25) is 0 Å². The highest BCUT2D eigenvalue weighted by Crippen LogP contribution is 2.25. The number of ketones is 1. The molecule has 2 aromatic heterocycles. The Morgan fingerprint density at radius 2 is 1.70 bits per heavy atom. The maximum Gasteiger partial charge on any atom is 0.339 e. The third-order valence-electron chi connectivity index (χ3n) is 5.10. The van der Waals surface area contributed by atoms with Crippen LogP contribution in [-0.4, -0.2) is 33.7 Å². The fourth-order valence-corrected chi connectivity index (χ4v) is 3.35. The molecule has 164 valence electrons. The van der Waals surface area contributed by atoms with Crippen LogP contribution in [0, 0.1) is 0 Å². The Morgan fingerprint density at radius 1 is 0.939 bits per heavy atom. The van der Waals surface area contributed by atoms with Crippen LogP contribution in [0.15, 0.2) is 79.1 Å². The first-order chi connectivity index (χ1) is 15.9. The maximum atomic E-state index is 13.1. The Balaban J connectivity index is 1.57. The van der Waals surface area contributed by atoms with Gasteiger partial charge in [-0.05, 0) is 50.2 Å². The van der Waals surface area contributed by atoms with Gasteiger partial charge in [0.25, 0.3) is 5.91 Å². The van der Waals surface area contributed by atoms with E-state index < -0.39 is 18.0 Å². The Kier molecular flexibility index (Phi) is 6.22. The Morgan fingerprint density at radius 3 is 2.45 bits per heavy atom. The molecule has 1 N–H and O–H groups in total. The molecule has 0 aliphatic rings. The van der Waals surface area contributed by atoms with E-state index in [2.05, 4.69) is 15.3 Å². The smallest absolute Gasteiger partial charge is 0.339 e. The number of aromatic nitrogens is 2. The number of pyridine rings is 2. The van der Waals surface area contributed by atoms with Crippen LogP contribution >= 0.6 is 0 Å². The van der Waals surface area contributed by atoms with E-state index in [0.29, 0.717) is 33.4 Å². The number of ether oxygens (including phenoxy) is 1. The van der Waals surface area contributed by atoms with Crippen LogP contribution in [0.3, 0.4) is 0 Å². The van der Waals surface area contributed by atoms with Gasteiger partial charge in [0.05, 0.1) is 16.8 Å². The van der Waals surface area contributed by atoms with Crippen molar-refractivity contribution >= 4 is 34.3 Å². The maximum absolute atomic E-state index is 13.1. The van der Waals surface area contributed by atoms with Crippen LogP contribution in [0.5, 0.6) is 0 Å². The van der Waals surface area contributed by atoms with Gasteiger partial charge in [0.1, 0.15) is 0 Å². The molecule has 0 aliphatic heterocycles. The predicted octanol–water partition coefficient (Wildman–Crippen LogP) is 4.68. The first kappa shape index (κ1) is 21.8. The van der Waals surface area contributed by atoms with Crippen LogP contribution in [0.4, 0.5) is 5.69 Å². The van der Waals surface area contributed by atoms with Crippen molar-refractivity contribution in [2.45, 2.75) is 20.0 Å². The van der Waals surface area contributed by atoms with Crippen LogP contribution in [0.25, 0.3) is 22.2 Å². The van der Waals surface area contributed by atoms with Crippen LogP contribution < -0.4 is 5.32 Å². The molecule has 1 unspecified atom stereocenters. The third-order valence-corrected chi connectivity index (χ3v) is 5.10. The number of nitrogens with zero attached hydrogens (tertiary/aromatic N) is 2. The molecular weight excluding hydrogens is 418 g/mol. The molecule has 0 spiro atoms. The van der Waals surface area contributed by atoms with Gasteiger partial charge in [-0.2, -0.15) is 0 Å². The first-order valence-corrected chi connectivity index (χ1v) is 10.4. The van der Waals surface area contributed by atoms with Gasteiger partial charge in [-0.25, -0.2) is 9.78 Å². The van der Waals surface area contributed by atoms with Crippen molar-refractivity contribution < 1.29 is 19.1 Å². The summed E-state index contributed by atoms with van der Waals surface area (Å²) in [5.74, 6) is -1.25. The molecule has 7 heteroatoms. The number of carbonyl (C=O) groups is 3. The van der Waals surface area contributed by atoms with Crippen molar-refractivity contribution in [2.24, 2.45) is 0 Å². The van der Waals surface area contributed by atoms with Gasteiger partial charge >= 0.3 is 5.97 Å². The molecule has 0 saturated heterocycles. The molecular formula is C26H21N3O4. The second-order valence-corrected chi connectivity index (χ2v) is 7.48. The molecule has 0 fully saturated rings. The minimum Gasteiger partial charge on any atom is -0.449 e. The molecule has 2 heterocycles. The second-order valence-electron chi connectivity index (χ2n) is 7.48. The fraction of sp³-hybridized carbons (Fsp3) is 0.115. The molecule has 1 amide bonds. The number of rotatable bonds is 6. The van der Waals surface area contributed by atoms with Gasteiger partial charge < -0.3 is 10.1 Å². The van der Waals surface area contributed by atoms with Gasteiger partial charge in [0.2, 0.25) is 0 Å². The molecule has 33 heavy (non-hydrogen) atoms. The average Bonchev–Trinajstić information content (AvgIpc) is 2.83. The quantitative estimate of drug-likeness (QED) is 0.346. The van der Waals surface area contributed by atoms with E-state index in [4.69, 9.17) is 4.74 Å². The largest absolute Gasteiger partial charge is 0.449 e. The number of para-hydroxylation sites is 1. The summed E-state index contributed by atoms with van der Waals surface area (Å²) in [7, 11) is 0. The summed E-state index contributed by atoms with van der Waals surface area (Å²) in [4.78, 5) is 45.9. The Bertz CT molecular complexity index is 1350. The molecule has 4 aromatic rings. The van der Waals surface area contributed by atoms with Gasteiger partial charge in [-0.15, -0.1) is 0 Å². The fourth-order valence-electron chi connectivity index (χ4n) is 3.35. The van der Waals surface area contributed by atoms with E-state index in [9.17, 15) is 14.4 Å². The lowest BCUT2D eigenvalue weighted by Crippen LogP contribution is -2.30. The lowest BCUT2D eigenvalue weighted by Gasteiger charge is -2.15. The molecule has 0 radical (unpaired) electrons. The SMILES string of the molecule is CC(=O)c1cccc(NC(=O)C(C)OC(=O)c2cc(-c3ccncc3)nc3ccccc23)c1. The lowest BCUT2D eigenvalue weighted by atomic mass is 10.0. The number of hydrogen-bond acceptors (Lipinski definition) is 6. The zero-order valence-corrected chi connectivity index (χ0v) is 18.1. The summed E-state index contributed by atoms with van der Waals surface area (Å²) in [5, 5.41) is 3.31. The molecule has 2 aromatic carbocycles. The van der Waals surface area contributed by atoms with Gasteiger partial charge in [-0.3, -0.25) is 14.6 Å². The highest BCUT2D eigenvalue weighted by molar-refractivity contribution is 6.06. The zero-order valence-electron chi connectivity index (χ0n) is 18.1. The van der Waals surface area contributed by atoms with E-state index in [-0.39, 0.29) is 5.78 Å². The molecule has 0 bridgehead atoms. The summed E-state index contributed by atoms with van der Waals surface area (Å²) in [6, 6.07) is 19.1. The van der Waals surface area contributed by atoms with E-state index in [0.717, 1.165) is 5.56 Å². The number of benzene rings is 2. The minimum atomic E-state index is -1.06. The van der Waals surface area contributed by atoms with E-state index in [1.165, 1.54) is 13.8 Å². The van der Waals surface area contributed by atoms with Crippen molar-refractivity contribution in [1.82, 2.24) is 9.97 Å². The predicted molar refractivity (Wildman–Crippen MR) is 125 cm³/mol.